The van der Waals surface area contributed by atoms with Gasteiger partial charge >= 0.3 is 0 Å². The van der Waals surface area contributed by atoms with Crippen molar-refractivity contribution in [3.05, 3.63) is 52.6 Å². The Labute approximate surface area is 230 Å². The van der Waals surface area contributed by atoms with E-state index in [1.807, 2.05) is 0 Å². The van der Waals surface area contributed by atoms with Gasteiger partial charge in [0.05, 0.1) is 0 Å². The molecule has 0 aliphatic carbocycles. The summed E-state index contributed by atoms with van der Waals surface area (Å²) in [6.45, 7) is 23.0. The van der Waals surface area contributed by atoms with E-state index in [2.05, 4.69) is 99.6 Å². The third kappa shape index (κ3) is 8.90. The second kappa shape index (κ2) is 13.9. The van der Waals surface area contributed by atoms with E-state index in [1.54, 1.807) is 0 Å². The molecular formula is C36H58O. The summed E-state index contributed by atoms with van der Waals surface area (Å²) in [5.74, 6) is 1.45. The first kappa shape index (κ1) is 31.5. The molecule has 0 aromatic heterocycles. The Hall–Kier alpha value is -1.76. The van der Waals surface area contributed by atoms with Gasteiger partial charge in [-0.3, -0.25) is 0 Å². The second-order valence-corrected chi connectivity index (χ2v) is 13.8. The summed E-state index contributed by atoms with van der Waals surface area (Å²) in [4.78, 5) is 0. The van der Waals surface area contributed by atoms with Gasteiger partial charge in [-0.15, -0.1) is 0 Å². The maximum absolute atomic E-state index is 11.6. The monoisotopic (exact) mass is 506 g/mol. The van der Waals surface area contributed by atoms with Crippen molar-refractivity contribution in [2.24, 2.45) is 0 Å². The van der Waals surface area contributed by atoms with Crippen LogP contribution in [0, 0.1) is 0 Å². The molecule has 0 saturated carbocycles. The molecule has 2 aromatic carbocycles. The molecule has 1 heteroatoms. The zero-order valence-electron chi connectivity index (χ0n) is 26.1. The van der Waals surface area contributed by atoms with Gasteiger partial charge in [0.25, 0.3) is 0 Å². The van der Waals surface area contributed by atoms with Crippen molar-refractivity contribution in [3.63, 3.8) is 0 Å². The molecule has 1 N–H and O–H groups in total. The third-order valence-electron chi connectivity index (χ3n) is 8.19. The molecule has 0 aliphatic rings. The summed E-state index contributed by atoms with van der Waals surface area (Å²) in [5, 5.41) is 11.6. The van der Waals surface area contributed by atoms with E-state index in [1.165, 1.54) is 92.0 Å². The minimum Gasteiger partial charge on any atom is -0.507 e. The fourth-order valence-electron chi connectivity index (χ4n) is 5.60. The summed E-state index contributed by atoms with van der Waals surface area (Å²) in [6.07, 6.45) is 12.8. The molecule has 1 nitrogen and oxygen atoms in total. The highest BCUT2D eigenvalue weighted by molar-refractivity contribution is 5.79. The lowest BCUT2D eigenvalue weighted by molar-refractivity contribution is 0.470. The van der Waals surface area contributed by atoms with Crippen LogP contribution < -0.4 is 0 Å². The average molecular weight is 507 g/mol. The molecule has 2 atom stereocenters. The zero-order chi connectivity index (χ0) is 27.8. The van der Waals surface area contributed by atoms with Crippen molar-refractivity contribution < 1.29 is 5.11 Å². The van der Waals surface area contributed by atoms with Gasteiger partial charge in [-0.05, 0) is 69.4 Å². The van der Waals surface area contributed by atoms with Crippen LogP contribution in [0.1, 0.15) is 168 Å². The second-order valence-electron chi connectivity index (χ2n) is 13.8. The maximum Gasteiger partial charge on any atom is 0.123 e. The SMILES string of the molecule is CCCCCCC(C)c1ccc(-c2c(O)cc(C(C)CCCCCC)cc2C(C)(C)C)c(C(C)(C)C)c1. The van der Waals surface area contributed by atoms with E-state index in [0.717, 1.165) is 5.56 Å². The third-order valence-corrected chi connectivity index (χ3v) is 8.19. The number of hydrogen-bond donors (Lipinski definition) is 1. The number of phenols is 1. The van der Waals surface area contributed by atoms with Crippen molar-refractivity contribution in [3.8, 4) is 16.9 Å². The fourth-order valence-corrected chi connectivity index (χ4v) is 5.60. The van der Waals surface area contributed by atoms with E-state index in [-0.39, 0.29) is 10.8 Å². The molecule has 0 radical (unpaired) electrons. The topological polar surface area (TPSA) is 20.2 Å². The van der Waals surface area contributed by atoms with Gasteiger partial charge in [-0.1, -0.05) is 145 Å². The molecule has 0 fully saturated rings. The molecule has 0 spiro atoms. The summed E-state index contributed by atoms with van der Waals surface area (Å²) in [5.41, 5.74) is 7.45. The van der Waals surface area contributed by atoms with Crippen molar-refractivity contribution >= 4 is 0 Å². The Morgan fingerprint density at radius 3 is 1.59 bits per heavy atom. The van der Waals surface area contributed by atoms with Gasteiger partial charge < -0.3 is 5.11 Å². The normalized spacial score (nSPS) is 14.1. The van der Waals surface area contributed by atoms with Gasteiger partial charge in [-0.25, -0.2) is 0 Å². The first-order chi connectivity index (χ1) is 17.3. The van der Waals surface area contributed by atoms with Crippen molar-refractivity contribution in [1.29, 1.82) is 0 Å². The first-order valence-corrected chi connectivity index (χ1v) is 15.3. The Morgan fingerprint density at radius 1 is 0.622 bits per heavy atom. The Balaban J connectivity index is 2.54. The lowest BCUT2D eigenvalue weighted by Crippen LogP contribution is -2.17. The molecule has 2 rings (SSSR count). The predicted molar refractivity (Wildman–Crippen MR) is 165 cm³/mol. The van der Waals surface area contributed by atoms with Crippen LogP contribution in [0.15, 0.2) is 30.3 Å². The highest BCUT2D eigenvalue weighted by atomic mass is 16.3. The van der Waals surface area contributed by atoms with Gasteiger partial charge in [0.2, 0.25) is 0 Å². The standard InChI is InChI=1S/C36H58O/c1-11-13-15-17-19-26(3)28-21-22-30(31(23-28)35(5,6)7)34-32(36(8,9)10)24-29(25-33(34)37)27(4)20-18-16-14-12-2/h21-27,37H,11-20H2,1-10H3. The minimum atomic E-state index is -0.0643. The van der Waals surface area contributed by atoms with E-state index < -0.39 is 0 Å². The quantitative estimate of drug-likeness (QED) is 0.268. The average Bonchev–Trinajstić information content (AvgIpc) is 2.82. The molecule has 37 heavy (non-hydrogen) atoms. The molecule has 0 saturated heterocycles. The Bertz CT molecular complexity index is 969. The number of rotatable bonds is 13. The number of aromatic hydroxyl groups is 1. The maximum atomic E-state index is 11.6. The van der Waals surface area contributed by atoms with Crippen LogP contribution in [-0.4, -0.2) is 5.11 Å². The molecule has 2 aromatic rings. The van der Waals surface area contributed by atoms with Crippen LogP contribution >= 0.6 is 0 Å². The molecule has 2 unspecified atom stereocenters. The lowest BCUT2D eigenvalue weighted by Gasteiger charge is -2.30. The van der Waals surface area contributed by atoms with Crippen molar-refractivity contribution in [2.45, 2.75) is 156 Å². The molecule has 0 bridgehead atoms. The molecule has 0 heterocycles. The van der Waals surface area contributed by atoms with Gasteiger partial charge in [0.1, 0.15) is 5.75 Å². The van der Waals surface area contributed by atoms with E-state index in [0.29, 0.717) is 17.6 Å². The number of benzene rings is 2. The number of hydrogen-bond acceptors (Lipinski definition) is 1. The summed E-state index contributed by atoms with van der Waals surface area (Å²) in [7, 11) is 0. The highest BCUT2D eigenvalue weighted by Crippen LogP contribution is 2.46. The Kier molecular flexibility index (Phi) is 11.8. The number of phenolic OH excluding ortho intramolecular Hbond substituents is 1. The number of unbranched alkanes of at least 4 members (excludes halogenated alkanes) is 6. The molecule has 0 amide bonds. The van der Waals surface area contributed by atoms with Gasteiger partial charge in [0, 0.05) is 5.56 Å². The van der Waals surface area contributed by atoms with Gasteiger partial charge in [0.15, 0.2) is 0 Å². The van der Waals surface area contributed by atoms with Gasteiger partial charge in [-0.2, -0.15) is 0 Å². The smallest absolute Gasteiger partial charge is 0.123 e. The minimum absolute atomic E-state index is 0.0138. The fraction of sp³-hybridized carbons (Fsp3) is 0.667. The van der Waals surface area contributed by atoms with Crippen molar-refractivity contribution in [2.75, 3.05) is 0 Å². The largest absolute Gasteiger partial charge is 0.507 e. The van der Waals surface area contributed by atoms with Crippen LogP contribution in [0.4, 0.5) is 0 Å². The van der Waals surface area contributed by atoms with Crippen LogP contribution in [0.25, 0.3) is 11.1 Å². The summed E-state index contributed by atoms with van der Waals surface area (Å²) >= 11 is 0. The van der Waals surface area contributed by atoms with Crippen LogP contribution in [0.5, 0.6) is 5.75 Å². The Morgan fingerprint density at radius 2 is 1.11 bits per heavy atom. The zero-order valence-corrected chi connectivity index (χ0v) is 26.1. The molecule has 208 valence electrons. The highest BCUT2D eigenvalue weighted by Gasteiger charge is 2.28. The van der Waals surface area contributed by atoms with E-state index in [9.17, 15) is 5.11 Å². The molecule has 0 aliphatic heterocycles. The van der Waals surface area contributed by atoms with Crippen LogP contribution in [0.3, 0.4) is 0 Å². The lowest BCUT2D eigenvalue weighted by atomic mass is 9.74. The van der Waals surface area contributed by atoms with Crippen molar-refractivity contribution in [1.82, 2.24) is 0 Å². The van der Waals surface area contributed by atoms with E-state index in [4.69, 9.17) is 0 Å². The van der Waals surface area contributed by atoms with E-state index >= 15 is 0 Å². The molecular weight excluding hydrogens is 448 g/mol. The summed E-state index contributed by atoms with van der Waals surface area (Å²) < 4.78 is 0. The predicted octanol–water partition coefficient (Wildman–Crippen LogP) is 11.8. The summed E-state index contributed by atoms with van der Waals surface area (Å²) in [6, 6.07) is 11.5. The van der Waals surface area contributed by atoms with Crippen LogP contribution in [0.2, 0.25) is 0 Å². The van der Waals surface area contributed by atoms with Crippen LogP contribution in [-0.2, 0) is 10.8 Å². The first-order valence-electron chi connectivity index (χ1n) is 15.3.